The zero-order valence-corrected chi connectivity index (χ0v) is 6.67. The van der Waals surface area contributed by atoms with Crippen LogP contribution in [0.1, 0.15) is 6.92 Å². The van der Waals surface area contributed by atoms with Crippen molar-refractivity contribution >= 4 is 25.8 Å². The maximum absolute atomic E-state index is 10.4. The van der Waals surface area contributed by atoms with Crippen LogP contribution in [0, 0.1) is 0 Å². The minimum Gasteiger partial charge on any atom is -0.274 e. The second kappa shape index (κ2) is 3.07. The number of amides is 1. The van der Waals surface area contributed by atoms with E-state index in [9.17, 15) is 13.2 Å². The Hall–Kier alpha value is -0.230. The first kappa shape index (κ1) is 8.77. The normalized spacial score (nSPS) is 10.9. The molecule has 0 aromatic heterocycles. The molecule has 54 valence electrons. The first-order valence-corrected chi connectivity index (χ1v) is 5.29. The summed E-state index contributed by atoms with van der Waals surface area (Å²) in [5.41, 5.74) is 0. The number of carbonyl (C=O) groups is 1. The van der Waals surface area contributed by atoms with Crippen LogP contribution in [0.5, 0.6) is 0 Å². The summed E-state index contributed by atoms with van der Waals surface area (Å²) in [6.45, 7) is 1.15. The monoisotopic (exact) mass is 169 g/mol. The van der Waals surface area contributed by atoms with Crippen molar-refractivity contribution in [3.05, 3.63) is 0 Å². The lowest BCUT2D eigenvalue weighted by Crippen LogP contribution is -2.24. The summed E-state index contributed by atoms with van der Waals surface area (Å²) in [7, 11) is -2.81. The summed E-state index contributed by atoms with van der Waals surface area (Å²) >= 11 is 0. The number of hydrogen-bond donors (Lipinski definition) is 1. The highest BCUT2D eigenvalue weighted by Crippen LogP contribution is 2.01. The molecule has 0 fully saturated rings. The van der Waals surface area contributed by atoms with E-state index in [1.54, 1.807) is 4.72 Å². The predicted octanol–water partition coefficient (Wildman–Crippen LogP) is -0.270. The fourth-order valence-corrected chi connectivity index (χ4v) is 1.26. The van der Waals surface area contributed by atoms with E-state index in [4.69, 9.17) is 0 Å². The molecule has 1 N–H and O–H groups in total. The average molecular weight is 169 g/mol. The Labute approximate surface area is 57.5 Å². The first-order valence-electron chi connectivity index (χ1n) is 2.07. The zero-order chi connectivity index (χ0) is 7.49. The van der Waals surface area contributed by atoms with Gasteiger partial charge in [-0.05, 0) is 17.0 Å². The summed E-state index contributed by atoms with van der Waals surface area (Å²) in [5.74, 6) is -0.565. The van der Waals surface area contributed by atoms with Crippen molar-refractivity contribution in [2.45, 2.75) is 6.92 Å². The molecule has 4 nitrogen and oxygen atoms in total. The zero-order valence-electron chi connectivity index (χ0n) is 5.04. The van der Waals surface area contributed by atoms with Gasteiger partial charge in [0.25, 0.3) is 9.06 Å². The third kappa shape index (κ3) is 4.28. The molecular formula is C3H7NO3S2. The van der Waals surface area contributed by atoms with Gasteiger partial charge in [-0.3, -0.25) is 4.79 Å². The molecular weight excluding hydrogens is 162 g/mol. The van der Waals surface area contributed by atoms with Crippen molar-refractivity contribution in [3.63, 3.8) is 0 Å². The van der Waals surface area contributed by atoms with E-state index in [-0.39, 0.29) is 0 Å². The van der Waals surface area contributed by atoms with E-state index in [0.29, 0.717) is 10.8 Å². The smallest absolute Gasteiger partial charge is 0.274 e. The Bertz CT molecular complexity index is 195. The lowest BCUT2D eigenvalue weighted by molar-refractivity contribution is -0.117. The number of rotatable bonds is 2. The Morgan fingerprint density at radius 3 is 2.11 bits per heavy atom. The summed E-state index contributed by atoms with van der Waals surface area (Å²) in [6, 6.07) is 0. The molecule has 0 spiro atoms. The van der Waals surface area contributed by atoms with Crippen LogP contribution < -0.4 is 4.72 Å². The highest BCUT2D eigenvalue weighted by molar-refractivity contribution is 8.71. The molecule has 0 aliphatic carbocycles. The van der Waals surface area contributed by atoms with E-state index in [1.165, 1.54) is 6.26 Å². The topological polar surface area (TPSA) is 63.2 Å². The first-order chi connectivity index (χ1) is 3.98. The molecule has 0 atom stereocenters. The summed E-state index contributed by atoms with van der Waals surface area (Å²) < 4.78 is 22.6. The van der Waals surface area contributed by atoms with Gasteiger partial charge in [0.15, 0.2) is 0 Å². The van der Waals surface area contributed by atoms with Gasteiger partial charge in [0.05, 0.1) is 0 Å². The fourth-order valence-electron chi connectivity index (χ4n) is 0.218. The number of nitrogens with one attached hydrogen (secondary N) is 1. The van der Waals surface area contributed by atoms with E-state index in [0.717, 1.165) is 6.92 Å². The van der Waals surface area contributed by atoms with Crippen LogP contribution in [-0.4, -0.2) is 20.6 Å². The molecule has 0 bridgehead atoms. The van der Waals surface area contributed by atoms with Gasteiger partial charge >= 0.3 is 0 Å². The van der Waals surface area contributed by atoms with Crippen LogP contribution in [0.4, 0.5) is 0 Å². The summed E-state index contributed by atoms with van der Waals surface area (Å²) in [6.07, 6.45) is 1.38. The van der Waals surface area contributed by atoms with Gasteiger partial charge in [-0.25, -0.2) is 4.72 Å². The van der Waals surface area contributed by atoms with Gasteiger partial charge in [-0.15, -0.1) is 0 Å². The second-order valence-electron chi connectivity index (χ2n) is 1.28. The lowest BCUT2D eigenvalue weighted by atomic mass is 10.8. The molecule has 1 amide bonds. The molecule has 6 heteroatoms. The van der Waals surface area contributed by atoms with Gasteiger partial charge in [0.2, 0.25) is 5.91 Å². The molecule has 0 saturated heterocycles. The van der Waals surface area contributed by atoms with Crippen molar-refractivity contribution in [1.29, 1.82) is 0 Å². The quantitative estimate of drug-likeness (QED) is 0.578. The van der Waals surface area contributed by atoms with Crippen molar-refractivity contribution in [2.75, 3.05) is 6.26 Å². The second-order valence-corrected chi connectivity index (χ2v) is 5.04. The average Bonchev–Trinajstić information content (AvgIpc) is 1.63. The van der Waals surface area contributed by atoms with E-state index >= 15 is 0 Å². The largest absolute Gasteiger partial charge is 0.288 e. The van der Waals surface area contributed by atoms with Crippen LogP contribution in [0.2, 0.25) is 0 Å². The Kier molecular flexibility index (Phi) is 2.99. The molecule has 0 unspecified atom stereocenters. The third-order valence-electron chi connectivity index (χ3n) is 0.488. The van der Waals surface area contributed by atoms with E-state index in [2.05, 4.69) is 0 Å². The molecule has 0 radical (unpaired) electrons. The minimum atomic E-state index is -3.40. The Morgan fingerprint density at radius 1 is 1.56 bits per heavy atom. The molecule has 0 aliphatic rings. The Balaban J connectivity index is 4.06. The van der Waals surface area contributed by atoms with Crippen LogP contribution in [0.25, 0.3) is 0 Å². The Morgan fingerprint density at radius 2 is 2.00 bits per heavy atom. The standard InChI is InChI=1S/C3H7NO3S2/c1-3(5)4-9(6,7)8-2/h1-2H3,(H,4,5). The maximum Gasteiger partial charge on any atom is 0.288 e. The van der Waals surface area contributed by atoms with Gasteiger partial charge < -0.3 is 0 Å². The van der Waals surface area contributed by atoms with Crippen LogP contribution >= 0.6 is 10.8 Å². The van der Waals surface area contributed by atoms with Crippen molar-refractivity contribution in [1.82, 2.24) is 4.72 Å². The van der Waals surface area contributed by atoms with Crippen molar-refractivity contribution in [3.8, 4) is 0 Å². The molecule has 0 saturated carbocycles. The molecule has 0 aliphatic heterocycles. The number of carbonyl (C=O) groups excluding carboxylic acids is 1. The van der Waals surface area contributed by atoms with E-state index < -0.39 is 15.0 Å². The highest BCUT2D eigenvalue weighted by Gasteiger charge is 2.07. The van der Waals surface area contributed by atoms with Gasteiger partial charge in [0.1, 0.15) is 0 Å². The SMILES string of the molecule is CSS(=O)(=O)NC(C)=O. The fraction of sp³-hybridized carbons (Fsp3) is 0.667. The van der Waals surface area contributed by atoms with Crippen molar-refractivity contribution in [2.24, 2.45) is 0 Å². The van der Waals surface area contributed by atoms with Crippen LogP contribution in [0.3, 0.4) is 0 Å². The molecule has 0 aromatic rings. The van der Waals surface area contributed by atoms with E-state index in [1.807, 2.05) is 0 Å². The molecule has 9 heavy (non-hydrogen) atoms. The van der Waals surface area contributed by atoms with Gasteiger partial charge in [-0.2, -0.15) is 8.42 Å². The maximum atomic E-state index is 10.4. The lowest BCUT2D eigenvalue weighted by Gasteiger charge is -1.96. The van der Waals surface area contributed by atoms with Crippen LogP contribution in [0.15, 0.2) is 0 Å². The summed E-state index contributed by atoms with van der Waals surface area (Å²) in [4.78, 5) is 10.1. The minimum absolute atomic E-state index is 0.565. The summed E-state index contributed by atoms with van der Waals surface area (Å²) in [5, 5.41) is 0. The van der Waals surface area contributed by atoms with Crippen LogP contribution in [-0.2, 0) is 13.8 Å². The molecule has 0 rings (SSSR count). The molecule has 0 aromatic carbocycles. The third-order valence-corrected chi connectivity index (χ3v) is 3.03. The predicted molar refractivity (Wildman–Crippen MR) is 36.3 cm³/mol. The van der Waals surface area contributed by atoms with Crippen molar-refractivity contribution < 1.29 is 13.2 Å². The van der Waals surface area contributed by atoms with Gasteiger partial charge in [-0.1, -0.05) is 0 Å². The number of hydrogen-bond acceptors (Lipinski definition) is 4. The van der Waals surface area contributed by atoms with Gasteiger partial charge in [0, 0.05) is 6.92 Å². The molecule has 0 heterocycles. The highest BCUT2D eigenvalue weighted by atomic mass is 33.1.